The molecule has 0 amide bonds. The SMILES string of the molecule is COc1ccc(C(F)(F)F)c([N+](=O)[O-])c1. The summed E-state index contributed by atoms with van der Waals surface area (Å²) in [7, 11) is 1.21. The van der Waals surface area contributed by atoms with E-state index in [1.165, 1.54) is 7.11 Å². The summed E-state index contributed by atoms with van der Waals surface area (Å²) in [5.41, 5.74) is -2.30. The number of ether oxygens (including phenoxy) is 1. The molecule has 0 aliphatic heterocycles. The lowest BCUT2D eigenvalue weighted by Crippen LogP contribution is -2.08. The average molecular weight is 221 g/mol. The molecule has 0 spiro atoms. The van der Waals surface area contributed by atoms with E-state index in [0.29, 0.717) is 6.07 Å². The molecule has 1 aromatic carbocycles. The van der Waals surface area contributed by atoms with Crippen LogP contribution in [0.3, 0.4) is 0 Å². The summed E-state index contributed by atoms with van der Waals surface area (Å²) in [6.07, 6.45) is -4.74. The molecule has 0 unspecified atom stereocenters. The predicted molar refractivity (Wildman–Crippen MR) is 44.7 cm³/mol. The predicted octanol–water partition coefficient (Wildman–Crippen LogP) is 2.62. The largest absolute Gasteiger partial charge is 0.497 e. The minimum atomic E-state index is -4.74. The summed E-state index contributed by atoms with van der Waals surface area (Å²) in [5.74, 6) is 0.00898. The van der Waals surface area contributed by atoms with Crippen LogP contribution in [0.15, 0.2) is 18.2 Å². The lowest BCUT2D eigenvalue weighted by Gasteiger charge is -2.08. The van der Waals surface area contributed by atoms with Crippen molar-refractivity contribution in [1.29, 1.82) is 0 Å². The van der Waals surface area contributed by atoms with Crippen LogP contribution in [0, 0.1) is 10.1 Å². The van der Waals surface area contributed by atoms with Gasteiger partial charge in [0.2, 0.25) is 0 Å². The Kier molecular flexibility index (Phi) is 2.83. The van der Waals surface area contributed by atoms with Crippen LogP contribution >= 0.6 is 0 Å². The highest BCUT2D eigenvalue weighted by Gasteiger charge is 2.38. The molecule has 0 N–H and O–H groups in total. The second-order valence-electron chi connectivity index (χ2n) is 2.64. The van der Waals surface area contributed by atoms with E-state index in [-0.39, 0.29) is 5.75 Å². The Morgan fingerprint density at radius 1 is 1.40 bits per heavy atom. The van der Waals surface area contributed by atoms with Crippen molar-refractivity contribution < 1.29 is 22.8 Å². The highest BCUT2D eigenvalue weighted by molar-refractivity contribution is 5.47. The van der Waals surface area contributed by atoms with Gasteiger partial charge in [-0.15, -0.1) is 0 Å². The quantitative estimate of drug-likeness (QED) is 0.569. The maximum atomic E-state index is 12.3. The van der Waals surface area contributed by atoms with Crippen molar-refractivity contribution in [1.82, 2.24) is 0 Å². The Labute approximate surface area is 82.4 Å². The van der Waals surface area contributed by atoms with E-state index in [2.05, 4.69) is 4.74 Å². The Balaban J connectivity index is 3.34. The number of nitrogens with zero attached hydrogens (tertiary/aromatic N) is 1. The van der Waals surface area contributed by atoms with Gasteiger partial charge >= 0.3 is 6.18 Å². The summed E-state index contributed by atoms with van der Waals surface area (Å²) >= 11 is 0. The molecule has 82 valence electrons. The van der Waals surface area contributed by atoms with E-state index >= 15 is 0 Å². The number of rotatable bonds is 2. The number of nitro benzene ring substituents is 1. The maximum Gasteiger partial charge on any atom is 0.423 e. The van der Waals surface area contributed by atoms with E-state index in [0.717, 1.165) is 12.1 Å². The molecule has 0 heterocycles. The van der Waals surface area contributed by atoms with Gasteiger partial charge in [-0.2, -0.15) is 13.2 Å². The van der Waals surface area contributed by atoms with Gasteiger partial charge in [0.25, 0.3) is 5.69 Å². The molecule has 15 heavy (non-hydrogen) atoms. The van der Waals surface area contributed by atoms with E-state index in [1.54, 1.807) is 0 Å². The molecule has 0 saturated heterocycles. The van der Waals surface area contributed by atoms with Crippen LogP contribution in [-0.4, -0.2) is 12.0 Å². The molecule has 0 saturated carbocycles. The first-order valence-electron chi connectivity index (χ1n) is 3.76. The van der Waals surface area contributed by atoms with Gasteiger partial charge < -0.3 is 4.74 Å². The van der Waals surface area contributed by atoms with Crippen molar-refractivity contribution in [2.45, 2.75) is 6.18 Å². The van der Waals surface area contributed by atoms with Crippen LogP contribution in [0.25, 0.3) is 0 Å². The fraction of sp³-hybridized carbons (Fsp3) is 0.250. The zero-order valence-corrected chi connectivity index (χ0v) is 7.54. The van der Waals surface area contributed by atoms with Crippen LogP contribution in [-0.2, 0) is 6.18 Å². The van der Waals surface area contributed by atoms with Gasteiger partial charge in [-0.3, -0.25) is 10.1 Å². The van der Waals surface area contributed by atoms with E-state index in [4.69, 9.17) is 0 Å². The maximum absolute atomic E-state index is 12.3. The van der Waals surface area contributed by atoms with Crippen molar-refractivity contribution in [3.05, 3.63) is 33.9 Å². The lowest BCUT2D eigenvalue weighted by atomic mass is 10.1. The van der Waals surface area contributed by atoms with E-state index in [1.807, 2.05) is 0 Å². The standard InChI is InChI=1S/C8H6F3NO3/c1-15-5-2-3-6(8(9,10)11)7(4-5)12(13)14/h2-4H,1H3. The second-order valence-corrected chi connectivity index (χ2v) is 2.64. The molecule has 0 bridgehead atoms. The van der Waals surface area contributed by atoms with Gasteiger partial charge in [0.05, 0.1) is 18.1 Å². The summed E-state index contributed by atoms with van der Waals surface area (Å²) in [4.78, 5) is 9.29. The molecule has 0 aliphatic rings. The van der Waals surface area contributed by atoms with Crippen molar-refractivity contribution in [2.75, 3.05) is 7.11 Å². The number of hydrogen-bond acceptors (Lipinski definition) is 3. The Bertz CT molecular complexity index is 389. The van der Waals surface area contributed by atoms with E-state index < -0.39 is 22.4 Å². The van der Waals surface area contributed by atoms with Gasteiger partial charge in [-0.25, -0.2) is 0 Å². The molecule has 0 fully saturated rings. The minimum absolute atomic E-state index is 0.00898. The summed E-state index contributed by atoms with van der Waals surface area (Å²) in [5, 5.41) is 10.4. The number of methoxy groups -OCH3 is 1. The summed E-state index contributed by atoms with van der Waals surface area (Å²) in [6.45, 7) is 0. The van der Waals surface area contributed by atoms with Crippen LogP contribution in [0.1, 0.15) is 5.56 Å². The molecular formula is C8H6F3NO3. The third-order valence-corrected chi connectivity index (χ3v) is 1.71. The first kappa shape index (κ1) is 11.3. The molecule has 0 aliphatic carbocycles. The van der Waals surface area contributed by atoms with Crippen LogP contribution in [0.2, 0.25) is 0 Å². The molecular weight excluding hydrogens is 215 g/mol. The Morgan fingerprint density at radius 2 is 2.00 bits per heavy atom. The monoisotopic (exact) mass is 221 g/mol. The Morgan fingerprint density at radius 3 is 2.40 bits per heavy atom. The van der Waals surface area contributed by atoms with Crippen LogP contribution in [0.4, 0.5) is 18.9 Å². The number of hydrogen-bond donors (Lipinski definition) is 0. The molecule has 7 heteroatoms. The van der Waals surface area contributed by atoms with Crippen LogP contribution < -0.4 is 4.74 Å². The molecule has 1 aromatic rings. The summed E-state index contributed by atoms with van der Waals surface area (Å²) in [6, 6.07) is 2.38. The minimum Gasteiger partial charge on any atom is -0.497 e. The summed E-state index contributed by atoms with van der Waals surface area (Å²) < 4.78 is 41.5. The van der Waals surface area contributed by atoms with Crippen LogP contribution in [0.5, 0.6) is 5.75 Å². The molecule has 0 atom stereocenters. The average Bonchev–Trinajstić information content (AvgIpc) is 2.15. The van der Waals surface area contributed by atoms with Crippen molar-refractivity contribution >= 4 is 5.69 Å². The number of benzene rings is 1. The highest BCUT2D eigenvalue weighted by atomic mass is 19.4. The van der Waals surface area contributed by atoms with Gasteiger partial charge in [0, 0.05) is 0 Å². The first-order valence-corrected chi connectivity index (χ1v) is 3.76. The topological polar surface area (TPSA) is 52.4 Å². The number of alkyl halides is 3. The molecule has 0 radical (unpaired) electrons. The number of halogens is 3. The van der Waals surface area contributed by atoms with Crippen molar-refractivity contribution in [3.63, 3.8) is 0 Å². The third kappa shape index (κ3) is 2.36. The zero-order chi connectivity index (χ0) is 11.6. The highest BCUT2D eigenvalue weighted by Crippen LogP contribution is 2.37. The molecule has 0 aromatic heterocycles. The second kappa shape index (κ2) is 3.76. The first-order chi connectivity index (χ1) is 6.86. The van der Waals surface area contributed by atoms with Gasteiger partial charge in [0.15, 0.2) is 0 Å². The van der Waals surface area contributed by atoms with Gasteiger partial charge in [0.1, 0.15) is 11.3 Å². The fourth-order valence-electron chi connectivity index (χ4n) is 1.03. The normalized spacial score (nSPS) is 11.2. The van der Waals surface area contributed by atoms with Gasteiger partial charge in [-0.05, 0) is 12.1 Å². The van der Waals surface area contributed by atoms with Crippen molar-refractivity contribution in [2.24, 2.45) is 0 Å². The molecule has 4 nitrogen and oxygen atoms in total. The Hall–Kier alpha value is -1.79. The smallest absolute Gasteiger partial charge is 0.423 e. The van der Waals surface area contributed by atoms with Gasteiger partial charge in [-0.1, -0.05) is 0 Å². The zero-order valence-electron chi connectivity index (χ0n) is 7.54. The fourth-order valence-corrected chi connectivity index (χ4v) is 1.03. The van der Waals surface area contributed by atoms with E-state index in [9.17, 15) is 23.3 Å². The number of nitro groups is 1. The molecule has 1 rings (SSSR count). The van der Waals surface area contributed by atoms with Crippen molar-refractivity contribution in [3.8, 4) is 5.75 Å². The lowest BCUT2D eigenvalue weighted by molar-refractivity contribution is -0.388. The third-order valence-electron chi connectivity index (χ3n) is 1.71.